The topological polar surface area (TPSA) is 57.6 Å². The molecule has 1 fully saturated rings. The zero-order valence-corrected chi connectivity index (χ0v) is 13.3. The molecular formula is C16H21NO3S. The highest BCUT2D eigenvalue weighted by Gasteiger charge is 2.28. The Kier molecular flexibility index (Phi) is 5.04. The second-order valence-corrected chi connectivity index (χ2v) is 7.46. The Morgan fingerprint density at radius 2 is 2.00 bits per heavy atom. The van der Waals surface area contributed by atoms with E-state index in [4.69, 9.17) is 5.11 Å². The molecule has 1 aliphatic heterocycles. The third-order valence-electron chi connectivity index (χ3n) is 3.88. The molecule has 2 rings (SSSR count). The lowest BCUT2D eigenvalue weighted by molar-refractivity contribution is 0.288. The number of aliphatic hydroxyl groups is 1. The van der Waals surface area contributed by atoms with Gasteiger partial charge in [0.2, 0.25) is 10.0 Å². The Balaban J connectivity index is 2.26. The van der Waals surface area contributed by atoms with Gasteiger partial charge in [-0.3, -0.25) is 0 Å². The van der Waals surface area contributed by atoms with Crippen LogP contribution in [0.1, 0.15) is 30.9 Å². The van der Waals surface area contributed by atoms with Crippen LogP contribution in [0.3, 0.4) is 0 Å². The van der Waals surface area contributed by atoms with Crippen LogP contribution < -0.4 is 0 Å². The highest BCUT2D eigenvalue weighted by molar-refractivity contribution is 7.89. The zero-order chi connectivity index (χ0) is 15.5. The molecule has 0 spiro atoms. The maximum atomic E-state index is 12.6. The number of aliphatic hydroxyl groups excluding tert-OH is 1. The third kappa shape index (κ3) is 3.65. The van der Waals surface area contributed by atoms with Crippen LogP contribution in [0.4, 0.5) is 0 Å². The SMILES string of the molecule is Cc1cc(S(=O)(=O)N2CCC(C)CC2)ccc1C#CCO. The van der Waals surface area contributed by atoms with Crippen LogP contribution in [-0.2, 0) is 10.0 Å². The number of hydrogen-bond acceptors (Lipinski definition) is 3. The van der Waals surface area contributed by atoms with E-state index in [2.05, 4.69) is 18.8 Å². The van der Waals surface area contributed by atoms with Crippen molar-refractivity contribution in [3.63, 3.8) is 0 Å². The molecule has 0 aromatic heterocycles. The molecule has 21 heavy (non-hydrogen) atoms. The fourth-order valence-corrected chi connectivity index (χ4v) is 4.00. The Labute approximate surface area is 126 Å². The van der Waals surface area contributed by atoms with Gasteiger partial charge in [0.05, 0.1) is 4.90 Å². The first-order valence-electron chi connectivity index (χ1n) is 7.15. The average molecular weight is 307 g/mol. The van der Waals surface area contributed by atoms with E-state index in [1.807, 2.05) is 6.92 Å². The highest BCUT2D eigenvalue weighted by Crippen LogP contribution is 2.24. The highest BCUT2D eigenvalue weighted by atomic mass is 32.2. The molecule has 0 atom stereocenters. The monoisotopic (exact) mass is 307 g/mol. The Morgan fingerprint density at radius 1 is 1.33 bits per heavy atom. The van der Waals surface area contributed by atoms with Gasteiger partial charge in [-0.2, -0.15) is 4.31 Å². The van der Waals surface area contributed by atoms with Crippen LogP contribution in [-0.4, -0.2) is 37.5 Å². The molecule has 1 aliphatic rings. The number of piperidine rings is 1. The second-order valence-electron chi connectivity index (χ2n) is 5.52. The summed E-state index contributed by atoms with van der Waals surface area (Å²) in [5.41, 5.74) is 1.55. The van der Waals surface area contributed by atoms with Gasteiger partial charge in [0, 0.05) is 18.7 Å². The van der Waals surface area contributed by atoms with Crippen molar-refractivity contribution in [2.24, 2.45) is 5.92 Å². The average Bonchev–Trinajstić information content (AvgIpc) is 2.46. The molecule has 1 saturated heterocycles. The van der Waals surface area contributed by atoms with Gasteiger partial charge >= 0.3 is 0 Å². The van der Waals surface area contributed by atoms with Crippen molar-refractivity contribution in [2.45, 2.75) is 31.6 Å². The summed E-state index contributed by atoms with van der Waals surface area (Å²) in [6.45, 7) is 4.97. The van der Waals surface area contributed by atoms with Gasteiger partial charge in [-0.15, -0.1) is 0 Å². The van der Waals surface area contributed by atoms with E-state index in [0.29, 0.717) is 23.9 Å². The molecule has 0 aliphatic carbocycles. The van der Waals surface area contributed by atoms with Gasteiger partial charge in [-0.25, -0.2) is 8.42 Å². The van der Waals surface area contributed by atoms with Crippen LogP contribution in [0.5, 0.6) is 0 Å². The standard InChI is InChI=1S/C16H21NO3S/c1-13-7-9-17(10-8-13)21(19,20)16-6-5-15(4-3-11-18)14(2)12-16/h5-6,12-13,18H,7-11H2,1-2H3. The normalized spacial score (nSPS) is 17.3. The lowest BCUT2D eigenvalue weighted by Crippen LogP contribution is -2.37. The summed E-state index contributed by atoms with van der Waals surface area (Å²) in [5, 5.41) is 8.72. The van der Waals surface area contributed by atoms with E-state index >= 15 is 0 Å². The van der Waals surface area contributed by atoms with Crippen molar-refractivity contribution in [3.05, 3.63) is 29.3 Å². The van der Waals surface area contributed by atoms with Crippen molar-refractivity contribution in [1.29, 1.82) is 0 Å². The summed E-state index contributed by atoms with van der Waals surface area (Å²) in [4.78, 5) is 0.323. The molecule has 5 heteroatoms. The quantitative estimate of drug-likeness (QED) is 0.847. The number of nitrogens with zero attached hydrogens (tertiary/aromatic N) is 1. The Morgan fingerprint density at radius 3 is 2.57 bits per heavy atom. The van der Waals surface area contributed by atoms with Gasteiger partial charge in [-0.05, 0) is 49.4 Å². The minimum absolute atomic E-state index is 0.203. The van der Waals surface area contributed by atoms with Gasteiger partial charge in [0.1, 0.15) is 6.61 Å². The van der Waals surface area contributed by atoms with Crippen LogP contribution in [0.15, 0.2) is 23.1 Å². The van der Waals surface area contributed by atoms with Crippen LogP contribution in [0.25, 0.3) is 0 Å². The van der Waals surface area contributed by atoms with Gasteiger partial charge in [-0.1, -0.05) is 18.8 Å². The van der Waals surface area contributed by atoms with Crippen molar-refractivity contribution in [1.82, 2.24) is 4.31 Å². The van der Waals surface area contributed by atoms with Gasteiger partial charge in [0.25, 0.3) is 0 Å². The predicted molar refractivity (Wildman–Crippen MR) is 82.3 cm³/mol. The summed E-state index contributed by atoms with van der Waals surface area (Å²) in [5.74, 6) is 5.99. The molecule has 0 saturated carbocycles. The van der Waals surface area contributed by atoms with Crippen LogP contribution in [0.2, 0.25) is 0 Å². The summed E-state index contributed by atoms with van der Waals surface area (Å²) in [6, 6.07) is 4.97. The molecule has 4 nitrogen and oxygen atoms in total. The van der Waals surface area contributed by atoms with Crippen molar-refractivity contribution in [3.8, 4) is 11.8 Å². The first kappa shape index (κ1) is 16.0. The maximum Gasteiger partial charge on any atom is 0.243 e. The fourth-order valence-electron chi connectivity index (χ4n) is 2.45. The molecule has 1 aromatic carbocycles. The number of sulfonamides is 1. The minimum Gasteiger partial charge on any atom is -0.384 e. The molecule has 114 valence electrons. The molecule has 0 unspecified atom stereocenters. The van der Waals surface area contributed by atoms with E-state index < -0.39 is 10.0 Å². The Hall–Kier alpha value is -1.35. The zero-order valence-electron chi connectivity index (χ0n) is 12.5. The molecule has 1 aromatic rings. The number of hydrogen-bond donors (Lipinski definition) is 1. The van der Waals surface area contributed by atoms with Crippen LogP contribution in [0, 0.1) is 24.7 Å². The van der Waals surface area contributed by atoms with E-state index in [9.17, 15) is 8.42 Å². The first-order chi connectivity index (χ1) is 9.95. The number of aryl methyl sites for hydroxylation is 1. The van der Waals surface area contributed by atoms with Gasteiger partial charge in [0.15, 0.2) is 0 Å². The largest absolute Gasteiger partial charge is 0.384 e. The summed E-state index contributed by atoms with van der Waals surface area (Å²) in [6.07, 6.45) is 1.83. The van der Waals surface area contributed by atoms with Crippen molar-refractivity contribution in [2.75, 3.05) is 19.7 Å². The van der Waals surface area contributed by atoms with Crippen LogP contribution >= 0.6 is 0 Å². The molecule has 0 bridgehead atoms. The molecule has 0 amide bonds. The van der Waals surface area contributed by atoms with Gasteiger partial charge < -0.3 is 5.11 Å². The van der Waals surface area contributed by atoms with E-state index in [-0.39, 0.29) is 6.61 Å². The third-order valence-corrected chi connectivity index (χ3v) is 5.77. The number of rotatable bonds is 2. The molecule has 0 radical (unpaired) electrons. The Bertz CT molecular complexity index is 662. The first-order valence-corrected chi connectivity index (χ1v) is 8.59. The summed E-state index contributed by atoms with van der Waals surface area (Å²) in [7, 11) is -3.41. The number of benzene rings is 1. The predicted octanol–water partition coefficient (Wildman–Crippen LogP) is 1.76. The van der Waals surface area contributed by atoms with E-state index in [1.165, 1.54) is 0 Å². The summed E-state index contributed by atoms with van der Waals surface area (Å²) >= 11 is 0. The van der Waals surface area contributed by atoms with Crippen molar-refractivity contribution >= 4 is 10.0 Å². The van der Waals surface area contributed by atoms with E-state index in [1.54, 1.807) is 22.5 Å². The fraction of sp³-hybridized carbons (Fsp3) is 0.500. The molecule has 1 N–H and O–H groups in total. The lowest BCUT2D eigenvalue weighted by Gasteiger charge is -2.29. The smallest absolute Gasteiger partial charge is 0.243 e. The van der Waals surface area contributed by atoms with Crippen molar-refractivity contribution < 1.29 is 13.5 Å². The maximum absolute atomic E-state index is 12.6. The summed E-state index contributed by atoms with van der Waals surface area (Å²) < 4.78 is 26.8. The molecule has 1 heterocycles. The minimum atomic E-state index is -3.41. The molecular weight excluding hydrogens is 286 g/mol. The lowest BCUT2D eigenvalue weighted by atomic mass is 10.0. The van der Waals surface area contributed by atoms with E-state index in [0.717, 1.165) is 24.0 Å². The second kappa shape index (κ2) is 6.61.